The first-order valence-corrected chi connectivity index (χ1v) is 12.3. The van der Waals surface area contributed by atoms with Gasteiger partial charge in [-0.25, -0.2) is 0 Å². The quantitative estimate of drug-likeness (QED) is 0.503. The van der Waals surface area contributed by atoms with Gasteiger partial charge in [-0.05, 0) is 37.1 Å². The molecule has 35 heavy (non-hydrogen) atoms. The van der Waals surface area contributed by atoms with E-state index in [2.05, 4.69) is 10.6 Å². The van der Waals surface area contributed by atoms with Gasteiger partial charge in [0.05, 0.1) is 12.1 Å². The molecular weight excluding hydrogens is 438 g/mol. The Bertz CT molecular complexity index is 1230. The number of carbonyl (C=O) groups excluding carboxylic acids is 2. The van der Waals surface area contributed by atoms with Gasteiger partial charge in [-0.15, -0.1) is 0 Å². The lowest BCUT2D eigenvalue weighted by molar-refractivity contribution is -0.125. The van der Waals surface area contributed by atoms with Crippen molar-refractivity contribution in [3.05, 3.63) is 90.0 Å². The largest absolute Gasteiger partial charge is 0.457 e. The average Bonchev–Trinajstić information content (AvgIpc) is 3.02. The van der Waals surface area contributed by atoms with Gasteiger partial charge in [-0.2, -0.15) is 0 Å². The zero-order valence-electron chi connectivity index (χ0n) is 19.6. The average molecular weight is 468 g/mol. The van der Waals surface area contributed by atoms with Crippen LogP contribution in [0.3, 0.4) is 0 Å². The van der Waals surface area contributed by atoms with Crippen LogP contribution in [0.1, 0.15) is 43.2 Å². The number of ether oxygens (including phenoxy) is 1. The molecule has 0 saturated heterocycles. The van der Waals surface area contributed by atoms with Crippen molar-refractivity contribution in [1.29, 1.82) is 0 Å². The number of amides is 2. The van der Waals surface area contributed by atoms with E-state index >= 15 is 0 Å². The minimum atomic E-state index is -0.978. The van der Waals surface area contributed by atoms with E-state index in [0.29, 0.717) is 11.5 Å². The molecule has 3 aromatic rings. The van der Waals surface area contributed by atoms with Gasteiger partial charge >= 0.3 is 0 Å². The number of anilines is 1. The number of nitrogens with one attached hydrogen (secondary N) is 2. The molecule has 178 valence electrons. The molecule has 0 spiro atoms. The van der Waals surface area contributed by atoms with Crippen LogP contribution in [-0.4, -0.2) is 23.7 Å². The molecule has 1 unspecified atom stereocenters. The molecule has 0 bridgehead atoms. The van der Waals surface area contributed by atoms with Gasteiger partial charge in [0, 0.05) is 22.7 Å². The van der Waals surface area contributed by atoms with Crippen LogP contribution in [0.5, 0.6) is 11.5 Å². The van der Waals surface area contributed by atoms with E-state index in [4.69, 9.17) is 9.73 Å². The van der Waals surface area contributed by atoms with Crippen LogP contribution < -0.4 is 15.4 Å². The summed E-state index contributed by atoms with van der Waals surface area (Å²) < 4.78 is 5.99. The number of benzene rings is 3. The summed E-state index contributed by atoms with van der Waals surface area (Å²) in [5.41, 5.74) is 3.35. The van der Waals surface area contributed by atoms with E-state index < -0.39 is 6.17 Å². The minimum absolute atomic E-state index is 0.0774. The van der Waals surface area contributed by atoms with Crippen molar-refractivity contribution in [2.75, 3.05) is 5.32 Å². The lowest BCUT2D eigenvalue weighted by Gasteiger charge is -2.24. The number of nitrogens with zero attached hydrogens (tertiary/aromatic N) is 1. The molecule has 2 aliphatic rings. The maximum absolute atomic E-state index is 13.1. The van der Waals surface area contributed by atoms with Crippen LogP contribution >= 0.6 is 0 Å². The molecule has 2 amide bonds. The van der Waals surface area contributed by atoms with E-state index in [1.807, 2.05) is 78.9 Å². The van der Waals surface area contributed by atoms with Crippen molar-refractivity contribution >= 4 is 23.2 Å². The Balaban J connectivity index is 1.36. The predicted octanol–water partition coefficient (Wildman–Crippen LogP) is 5.49. The third kappa shape index (κ3) is 5.43. The molecule has 5 rings (SSSR count). The lowest BCUT2D eigenvalue weighted by atomic mass is 9.83. The maximum Gasteiger partial charge on any atom is 0.269 e. The number of benzodiazepines with no additional fused rings is 1. The van der Waals surface area contributed by atoms with E-state index in [-0.39, 0.29) is 24.2 Å². The van der Waals surface area contributed by atoms with Gasteiger partial charge in [0.25, 0.3) is 5.91 Å². The number of hydrogen-bond acceptors (Lipinski definition) is 4. The van der Waals surface area contributed by atoms with Crippen molar-refractivity contribution in [1.82, 2.24) is 5.32 Å². The summed E-state index contributed by atoms with van der Waals surface area (Å²) in [6.07, 6.45) is 4.74. The zero-order chi connectivity index (χ0) is 24.0. The number of rotatable bonds is 6. The molecule has 6 heteroatoms. The summed E-state index contributed by atoms with van der Waals surface area (Å²) in [5.74, 6) is 0.982. The molecule has 2 N–H and O–H groups in total. The lowest BCUT2D eigenvalue weighted by Crippen LogP contribution is -2.43. The Labute approximate surface area is 205 Å². The maximum atomic E-state index is 13.1. The summed E-state index contributed by atoms with van der Waals surface area (Å²) in [6.45, 7) is 0. The molecule has 0 aromatic heterocycles. The molecule has 6 nitrogen and oxygen atoms in total. The first kappa shape index (κ1) is 22.8. The van der Waals surface area contributed by atoms with Gasteiger partial charge in [0.2, 0.25) is 12.1 Å². The zero-order valence-corrected chi connectivity index (χ0v) is 19.6. The second kappa shape index (κ2) is 10.6. The predicted molar refractivity (Wildman–Crippen MR) is 137 cm³/mol. The van der Waals surface area contributed by atoms with Crippen molar-refractivity contribution in [2.24, 2.45) is 10.9 Å². The topological polar surface area (TPSA) is 79.8 Å². The van der Waals surface area contributed by atoms with Crippen LogP contribution in [0.2, 0.25) is 0 Å². The highest BCUT2D eigenvalue weighted by Crippen LogP contribution is 2.32. The SMILES string of the molecule is O=C(Cc1ccccc1Oc1ccccc1)NC1N=C(C2CCCCC2)c2ccccc2NC1=O. The molecule has 1 saturated carbocycles. The highest BCUT2D eigenvalue weighted by Gasteiger charge is 2.30. The van der Waals surface area contributed by atoms with Crippen LogP contribution in [0.15, 0.2) is 83.9 Å². The van der Waals surface area contributed by atoms with Crippen LogP contribution in [0, 0.1) is 5.92 Å². The van der Waals surface area contributed by atoms with Gasteiger partial charge in [-0.3, -0.25) is 14.6 Å². The van der Waals surface area contributed by atoms with E-state index in [1.165, 1.54) is 6.42 Å². The molecule has 3 aromatic carbocycles. The Hall–Kier alpha value is -3.93. The van der Waals surface area contributed by atoms with Gasteiger partial charge < -0.3 is 15.4 Å². The fraction of sp³-hybridized carbons (Fsp3) is 0.276. The second-order valence-electron chi connectivity index (χ2n) is 9.05. The monoisotopic (exact) mass is 467 g/mol. The fourth-order valence-corrected chi connectivity index (χ4v) is 4.82. The summed E-state index contributed by atoms with van der Waals surface area (Å²) >= 11 is 0. The molecule has 1 aliphatic carbocycles. The molecule has 1 heterocycles. The third-order valence-corrected chi connectivity index (χ3v) is 6.56. The number of carbonyl (C=O) groups is 2. The van der Waals surface area contributed by atoms with Crippen molar-refractivity contribution < 1.29 is 14.3 Å². The Kier molecular flexibility index (Phi) is 6.89. The first-order valence-electron chi connectivity index (χ1n) is 12.3. The van der Waals surface area contributed by atoms with E-state index in [9.17, 15) is 9.59 Å². The Morgan fingerprint density at radius 2 is 1.63 bits per heavy atom. The third-order valence-electron chi connectivity index (χ3n) is 6.56. The van der Waals surface area contributed by atoms with Crippen molar-refractivity contribution in [2.45, 2.75) is 44.7 Å². The van der Waals surface area contributed by atoms with Gasteiger partial charge in [0.15, 0.2) is 0 Å². The summed E-state index contributed by atoms with van der Waals surface area (Å²) in [5, 5.41) is 5.82. The highest BCUT2D eigenvalue weighted by molar-refractivity contribution is 6.13. The standard InChI is InChI=1S/C29H29N3O3/c33-26(19-21-13-7-10-18-25(21)35-22-14-5-2-6-15-22)31-28-29(34)30-24-17-9-8-16-23(24)27(32-28)20-11-3-1-4-12-20/h2,5-10,13-18,20,28H,1,3-4,11-12,19H2,(H,30,34)(H,31,33). The number of fused-ring (bicyclic) bond motifs is 1. The van der Waals surface area contributed by atoms with Gasteiger partial charge in [-0.1, -0.05) is 73.9 Å². The number of hydrogen-bond donors (Lipinski definition) is 2. The molecule has 0 radical (unpaired) electrons. The summed E-state index contributed by atoms with van der Waals surface area (Å²) in [7, 11) is 0. The normalized spacial score (nSPS) is 18.0. The fourth-order valence-electron chi connectivity index (χ4n) is 4.82. The molecular formula is C29H29N3O3. The van der Waals surface area contributed by atoms with E-state index in [0.717, 1.165) is 48.2 Å². The van der Waals surface area contributed by atoms with Crippen molar-refractivity contribution in [3.63, 3.8) is 0 Å². The number of aliphatic imine (C=N–C) groups is 1. The number of para-hydroxylation sites is 3. The van der Waals surface area contributed by atoms with Crippen molar-refractivity contribution in [3.8, 4) is 11.5 Å². The smallest absolute Gasteiger partial charge is 0.269 e. The summed E-state index contributed by atoms with van der Waals surface area (Å²) in [6, 6.07) is 24.7. The van der Waals surface area contributed by atoms with Crippen LogP contribution in [0.25, 0.3) is 0 Å². The molecule has 1 aliphatic heterocycles. The Morgan fingerprint density at radius 1 is 0.914 bits per heavy atom. The van der Waals surface area contributed by atoms with E-state index in [1.54, 1.807) is 0 Å². The van der Waals surface area contributed by atoms with Gasteiger partial charge in [0.1, 0.15) is 11.5 Å². The molecule has 1 atom stereocenters. The summed E-state index contributed by atoms with van der Waals surface area (Å²) in [4.78, 5) is 31.0. The minimum Gasteiger partial charge on any atom is -0.457 e. The second-order valence-corrected chi connectivity index (χ2v) is 9.05. The first-order chi connectivity index (χ1) is 17.2. The van der Waals surface area contributed by atoms with Crippen LogP contribution in [0.4, 0.5) is 5.69 Å². The highest BCUT2D eigenvalue weighted by atomic mass is 16.5. The Morgan fingerprint density at radius 3 is 2.46 bits per heavy atom. The molecule has 1 fully saturated rings. The van der Waals surface area contributed by atoms with Crippen LogP contribution in [-0.2, 0) is 16.0 Å².